The van der Waals surface area contributed by atoms with Crippen molar-refractivity contribution in [3.63, 3.8) is 0 Å². The van der Waals surface area contributed by atoms with Crippen molar-refractivity contribution >= 4 is 7.28 Å². The van der Waals surface area contributed by atoms with E-state index in [4.69, 9.17) is 0 Å². The van der Waals surface area contributed by atoms with Gasteiger partial charge in [0.25, 0.3) is 0 Å². The highest BCUT2D eigenvalue weighted by Gasteiger charge is 2.34. The molecule has 0 fully saturated rings. The second-order valence-electron chi connectivity index (χ2n) is 6.10. The maximum absolute atomic E-state index is 2.52. The first-order valence-electron chi connectivity index (χ1n) is 5.46. The van der Waals surface area contributed by atoms with Gasteiger partial charge in [-0.25, -0.2) is 0 Å². The van der Waals surface area contributed by atoms with Crippen LogP contribution in [-0.2, 0) is 0 Å². The van der Waals surface area contributed by atoms with Crippen LogP contribution in [0.1, 0.15) is 55.4 Å². The first kappa shape index (κ1) is 13.1. The quantitative estimate of drug-likeness (QED) is 0.564. The van der Waals surface area contributed by atoms with Gasteiger partial charge in [-0.1, -0.05) is 66.0 Å². The van der Waals surface area contributed by atoms with E-state index in [1.165, 1.54) is 0 Å². The third-order valence-corrected chi connectivity index (χ3v) is 3.72. The smallest absolute Gasteiger partial charge is 0.0669 e. The Morgan fingerprint density at radius 2 is 0.923 bits per heavy atom. The Bertz CT molecular complexity index is 137. The summed E-state index contributed by atoms with van der Waals surface area (Å²) in [6, 6.07) is 0. The summed E-state index contributed by atoms with van der Waals surface area (Å²) in [6.45, 7) is 18.5. The number of rotatable bonds is 4. The van der Waals surface area contributed by atoms with Gasteiger partial charge in [0.05, 0.1) is 0 Å². The van der Waals surface area contributed by atoms with Crippen LogP contribution in [0, 0.1) is 11.8 Å². The van der Waals surface area contributed by atoms with E-state index in [0.717, 1.165) is 0 Å². The fourth-order valence-corrected chi connectivity index (χ4v) is 1.29. The molecule has 13 heavy (non-hydrogen) atoms. The third-order valence-electron chi connectivity index (χ3n) is 3.72. The van der Waals surface area contributed by atoms with Crippen LogP contribution in [0.5, 0.6) is 0 Å². The summed E-state index contributed by atoms with van der Waals surface area (Å²) < 4.78 is 0. The topological polar surface area (TPSA) is 0 Å². The van der Waals surface area contributed by atoms with Gasteiger partial charge in [-0.3, -0.25) is 0 Å². The van der Waals surface area contributed by atoms with Crippen molar-refractivity contribution in [2.24, 2.45) is 11.8 Å². The molecular weight excluding hydrogens is 155 g/mol. The van der Waals surface area contributed by atoms with E-state index in [0.29, 0.717) is 22.5 Å². The molecule has 0 heterocycles. The summed E-state index contributed by atoms with van der Waals surface area (Å²) in [7, 11) is 2.52. The molecule has 1 heteroatoms. The molecule has 0 N–H and O–H groups in total. The van der Waals surface area contributed by atoms with E-state index >= 15 is 0 Å². The summed E-state index contributed by atoms with van der Waals surface area (Å²) in [6.07, 6.45) is 0. The summed E-state index contributed by atoms with van der Waals surface area (Å²) in [5.41, 5.74) is 0. The molecule has 0 nitrogen and oxygen atoms in total. The largest absolute Gasteiger partial charge is 0.125 e. The van der Waals surface area contributed by atoms with E-state index in [-0.39, 0.29) is 0 Å². The van der Waals surface area contributed by atoms with Crippen molar-refractivity contribution in [3.05, 3.63) is 0 Å². The van der Waals surface area contributed by atoms with E-state index in [9.17, 15) is 0 Å². The van der Waals surface area contributed by atoms with Crippen molar-refractivity contribution in [1.29, 1.82) is 0 Å². The summed E-state index contributed by atoms with van der Waals surface area (Å²) in [5, 5.41) is 0.682. The van der Waals surface area contributed by atoms with Gasteiger partial charge in [0.2, 0.25) is 0 Å². The van der Waals surface area contributed by atoms with Crippen LogP contribution >= 0.6 is 0 Å². The average molecular weight is 181 g/mol. The van der Waals surface area contributed by atoms with Gasteiger partial charge in [0, 0.05) is 0 Å². The molecule has 0 saturated carbocycles. The highest BCUT2D eigenvalue weighted by Crippen LogP contribution is 2.44. The molecule has 0 atom stereocenters. The Morgan fingerprint density at radius 1 is 0.692 bits per heavy atom. The van der Waals surface area contributed by atoms with Gasteiger partial charge in [0.15, 0.2) is 0 Å². The molecule has 0 aromatic carbocycles. The fraction of sp³-hybridized carbons (Fsp3) is 1.00. The predicted molar refractivity (Wildman–Crippen MR) is 63.5 cm³/mol. The maximum Gasteiger partial charge on any atom is 0.125 e. The highest BCUT2D eigenvalue weighted by molar-refractivity contribution is 6.43. The van der Waals surface area contributed by atoms with Gasteiger partial charge < -0.3 is 0 Å². The summed E-state index contributed by atoms with van der Waals surface area (Å²) in [4.78, 5) is 0. The molecule has 0 aliphatic carbocycles. The van der Waals surface area contributed by atoms with E-state index in [1.807, 2.05) is 0 Å². The molecule has 1 radical (unpaired) electrons. The van der Waals surface area contributed by atoms with Gasteiger partial charge in [-0.2, -0.15) is 0 Å². The van der Waals surface area contributed by atoms with Crippen molar-refractivity contribution in [2.75, 3.05) is 0 Å². The fourth-order valence-electron chi connectivity index (χ4n) is 1.29. The lowest BCUT2D eigenvalue weighted by molar-refractivity contribution is 0.417. The molecular formula is C12H26B. The zero-order valence-corrected chi connectivity index (χ0v) is 10.7. The zero-order chi connectivity index (χ0) is 10.9. The second-order valence-corrected chi connectivity index (χ2v) is 6.10. The summed E-state index contributed by atoms with van der Waals surface area (Å²) in [5.74, 6) is 1.43. The maximum atomic E-state index is 2.52. The van der Waals surface area contributed by atoms with Crippen LogP contribution < -0.4 is 0 Å². The summed E-state index contributed by atoms with van der Waals surface area (Å²) >= 11 is 0. The molecule has 0 amide bonds. The molecule has 0 aliphatic heterocycles. The minimum atomic E-state index is 0.341. The molecule has 0 rings (SSSR count). The lowest BCUT2D eigenvalue weighted by Crippen LogP contribution is -2.31. The Balaban J connectivity index is 4.42. The zero-order valence-electron chi connectivity index (χ0n) is 10.7. The second kappa shape index (κ2) is 4.06. The molecule has 0 aromatic rings. The Morgan fingerprint density at radius 3 is 1.08 bits per heavy atom. The lowest BCUT2D eigenvalue weighted by Gasteiger charge is -2.39. The Labute approximate surface area is 85.7 Å². The van der Waals surface area contributed by atoms with Crippen LogP contribution in [0.15, 0.2) is 0 Å². The first-order valence-corrected chi connectivity index (χ1v) is 5.46. The first-order chi connectivity index (χ1) is 5.59. The molecule has 0 bridgehead atoms. The van der Waals surface area contributed by atoms with Crippen molar-refractivity contribution < 1.29 is 0 Å². The normalized spacial score (nSPS) is 14.0. The Hall–Kier alpha value is 0.0649. The standard InChI is InChI=1S/C12H26B/c1-9(2)11(5,6)13-12(7,8)10(3)4/h9-10H,1-8H3. The van der Waals surface area contributed by atoms with Crippen LogP contribution in [0.2, 0.25) is 10.6 Å². The van der Waals surface area contributed by atoms with Crippen molar-refractivity contribution in [1.82, 2.24) is 0 Å². The predicted octanol–water partition coefficient (Wildman–Crippen LogP) is 4.40. The lowest BCUT2D eigenvalue weighted by atomic mass is 9.36. The molecule has 77 valence electrons. The van der Waals surface area contributed by atoms with Gasteiger partial charge in [0.1, 0.15) is 7.28 Å². The SMILES string of the molecule is CC(C)C(C)(C)[B]C(C)(C)C(C)C. The number of hydrogen-bond acceptors (Lipinski definition) is 0. The Kier molecular flexibility index (Phi) is 4.08. The van der Waals surface area contributed by atoms with Crippen LogP contribution in [0.4, 0.5) is 0 Å². The molecule has 0 spiro atoms. The van der Waals surface area contributed by atoms with Gasteiger partial charge in [-0.05, 0) is 11.8 Å². The molecule has 0 aliphatic rings. The van der Waals surface area contributed by atoms with Gasteiger partial charge in [-0.15, -0.1) is 0 Å². The van der Waals surface area contributed by atoms with Crippen LogP contribution in [0.3, 0.4) is 0 Å². The van der Waals surface area contributed by atoms with E-state index in [2.05, 4.69) is 62.7 Å². The van der Waals surface area contributed by atoms with Gasteiger partial charge >= 0.3 is 0 Å². The van der Waals surface area contributed by atoms with Crippen LogP contribution in [-0.4, -0.2) is 7.28 Å². The number of hydrogen-bond donors (Lipinski definition) is 0. The molecule has 0 unspecified atom stereocenters. The van der Waals surface area contributed by atoms with E-state index < -0.39 is 0 Å². The van der Waals surface area contributed by atoms with Crippen molar-refractivity contribution in [3.8, 4) is 0 Å². The highest BCUT2D eigenvalue weighted by atomic mass is 14.2. The monoisotopic (exact) mass is 181 g/mol. The average Bonchev–Trinajstić information content (AvgIpc) is 1.83. The van der Waals surface area contributed by atoms with Crippen LogP contribution in [0.25, 0.3) is 0 Å². The minimum absolute atomic E-state index is 0.341. The molecule has 0 aromatic heterocycles. The van der Waals surface area contributed by atoms with E-state index in [1.54, 1.807) is 0 Å². The third kappa shape index (κ3) is 3.75. The minimum Gasteiger partial charge on any atom is -0.0669 e. The molecule has 0 saturated heterocycles. The van der Waals surface area contributed by atoms with Crippen molar-refractivity contribution in [2.45, 2.75) is 66.0 Å².